The Labute approximate surface area is 159 Å². The molecule has 0 radical (unpaired) electrons. The van der Waals surface area contributed by atoms with Gasteiger partial charge in [-0.25, -0.2) is 13.4 Å². The van der Waals surface area contributed by atoms with Crippen molar-refractivity contribution in [3.05, 3.63) is 53.7 Å². The van der Waals surface area contributed by atoms with Gasteiger partial charge in [-0.05, 0) is 36.4 Å². The molecule has 7 nitrogen and oxygen atoms in total. The molecule has 0 unspecified atom stereocenters. The lowest BCUT2D eigenvalue weighted by Crippen LogP contribution is -2.49. The van der Waals surface area contributed by atoms with Crippen molar-refractivity contribution in [1.82, 2.24) is 9.29 Å². The summed E-state index contributed by atoms with van der Waals surface area (Å²) < 4.78 is 64.6. The van der Waals surface area contributed by atoms with Crippen LogP contribution in [-0.2, 0) is 16.2 Å². The van der Waals surface area contributed by atoms with E-state index in [2.05, 4.69) is 4.98 Å². The number of carbonyl (C=O) groups excluding carboxylic acids is 1. The van der Waals surface area contributed by atoms with E-state index in [1.165, 1.54) is 16.6 Å². The number of rotatable bonds is 4. The van der Waals surface area contributed by atoms with E-state index >= 15 is 0 Å². The van der Waals surface area contributed by atoms with Gasteiger partial charge in [-0.3, -0.25) is 4.79 Å². The quantitative estimate of drug-likeness (QED) is 0.822. The van der Waals surface area contributed by atoms with Gasteiger partial charge in [0.25, 0.3) is 5.91 Å². The molecule has 0 bridgehead atoms. The molecule has 2 N–H and O–H groups in total. The van der Waals surface area contributed by atoms with Crippen LogP contribution in [0.2, 0.25) is 0 Å². The highest BCUT2D eigenvalue weighted by Gasteiger charge is 2.33. The van der Waals surface area contributed by atoms with Crippen molar-refractivity contribution in [2.24, 2.45) is 5.73 Å². The summed E-state index contributed by atoms with van der Waals surface area (Å²) in [5.74, 6) is -0.260. The third kappa shape index (κ3) is 3.94. The normalized spacial score (nSPS) is 16.2. The van der Waals surface area contributed by atoms with Crippen molar-refractivity contribution in [3.63, 3.8) is 0 Å². The minimum Gasteiger partial charge on any atom is -0.365 e. The van der Waals surface area contributed by atoms with Crippen LogP contribution >= 0.6 is 0 Å². The fraction of sp³-hybridized carbons (Fsp3) is 0.294. The number of nitrogens with zero attached hydrogens (tertiary/aromatic N) is 3. The van der Waals surface area contributed by atoms with Gasteiger partial charge in [0, 0.05) is 32.4 Å². The molecule has 1 fully saturated rings. The SMILES string of the molecule is NC(=O)c1cccnc1N1CCN(S(=O)(=O)c2ccc(C(F)(F)F)cc2)CC1. The molecule has 3 rings (SSSR count). The molecule has 11 heteroatoms. The largest absolute Gasteiger partial charge is 0.416 e. The topological polar surface area (TPSA) is 96.6 Å². The molecule has 1 amide bonds. The Bertz CT molecular complexity index is 970. The number of carbonyl (C=O) groups is 1. The van der Waals surface area contributed by atoms with Crippen LogP contribution in [0.3, 0.4) is 0 Å². The number of anilines is 1. The first-order chi connectivity index (χ1) is 13.1. The first-order valence-electron chi connectivity index (χ1n) is 8.28. The van der Waals surface area contributed by atoms with Crippen molar-refractivity contribution in [2.45, 2.75) is 11.1 Å². The number of primary amides is 1. The van der Waals surface area contributed by atoms with E-state index in [0.717, 1.165) is 24.3 Å². The Kier molecular flexibility index (Phi) is 5.31. The summed E-state index contributed by atoms with van der Waals surface area (Å²) in [6.45, 7) is 0.713. The van der Waals surface area contributed by atoms with Crippen LogP contribution in [0.25, 0.3) is 0 Å². The number of nitrogens with two attached hydrogens (primary N) is 1. The van der Waals surface area contributed by atoms with Crippen LogP contribution in [0, 0.1) is 0 Å². The molecule has 2 aromatic rings. The van der Waals surface area contributed by atoms with Gasteiger partial charge < -0.3 is 10.6 Å². The Balaban J connectivity index is 1.75. The average molecular weight is 414 g/mol. The Morgan fingerprint density at radius 1 is 1.04 bits per heavy atom. The number of sulfonamides is 1. The van der Waals surface area contributed by atoms with Crippen LogP contribution in [0.5, 0.6) is 0 Å². The van der Waals surface area contributed by atoms with Crippen molar-refractivity contribution >= 4 is 21.7 Å². The highest BCUT2D eigenvalue weighted by atomic mass is 32.2. The van der Waals surface area contributed by atoms with E-state index in [-0.39, 0.29) is 36.6 Å². The lowest BCUT2D eigenvalue weighted by Gasteiger charge is -2.35. The number of aromatic nitrogens is 1. The molecule has 0 aliphatic carbocycles. The van der Waals surface area contributed by atoms with Crippen LogP contribution in [0.1, 0.15) is 15.9 Å². The Morgan fingerprint density at radius 3 is 2.18 bits per heavy atom. The van der Waals surface area contributed by atoms with Crippen molar-refractivity contribution in [2.75, 3.05) is 31.1 Å². The molecule has 150 valence electrons. The highest BCUT2D eigenvalue weighted by Crippen LogP contribution is 2.30. The summed E-state index contributed by atoms with van der Waals surface area (Å²) in [5, 5.41) is 0. The molecule has 0 saturated carbocycles. The van der Waals surface area contributed by atoms with Gasteiger partial charge in [-0.2, -0.15) is 17.5 Å². The van der Waals surface area contributed by atoms with E-state index < -0.39 is 27.7 Å². The van der Waals surface area contributed by atoms with Gasteiger partial charge in [0.1, 0.15) is 5.82 Å². The van der Waals surface area contributed by atoms with E-state index in [1.807, 2.05) is 0 Å². The Hall–Kier alpha value is -2.66. The van der Waals surface area contributed by atoms with Gasteiger partial charge in [0.05, 0.1) is 16.0 Å². The minimum absolute atomic E-state index is 0.0954. The number of hydrogen-bond donors (Lipinski definition) is 1. The van der Waals surface area contributed by atoms with E-state index in [9.17, 15) is 26.4 Å². The molecule has 2 heterocycles. The average Bonchev–Trinajstić information content (AvgIpc) is 2.67. The van der Waals surface area contributed by atoms with Crippen molar-refractivity contribution < 1.29 is 26.4 Å². The Morgan fingerprint density at radius 2 is 1.64 bits per heavy atom. The number of hydrogen-bond acceptors (Lipinski definition) is 5. The van der Waals surface area contributed by atoms with Crippen molar-refractivity contribution in [1.29, 1.82) is 0 Å². The third-order valence-electron chi connectivity index (χ3n) is 4.41. The fourth-order valence-corrected chi connectivity index (χ4v) is 4.37. The molecule has 1 aromatic carbocycles. The zero-order valence-electron chi connectivity index (χ0n) is 14.6. The molecule has 1 aliphatic rings. The molecule has 0 atom stereocenters. The van der Waals surface area contributed by atoms with Gasteiger partial charge in [0.2, 0.25) is 10.0 Å². The van der Waals surface area contributed by atoms with E-state index in [0.29, 0.717) is 5.82 Å². The number of alkyl halides is 3. The second kappa shape index (κ2) is 7.40. The maximum atomic E-state index is 12.7. The molecule has 0 spiro atoms. The lowest BCUT2D eigenvalue weighted by molar-refractivity contribution is -0.137. The maximum absolute atomic E-state index is 12.7. The summed E-state index contributed by atoms with van der Waals surface area (Å²) in [6.07, 6.45) is -3.03. The van der Waals surface area contributed by atoms with Crippen LogP contribution in [0.15, 0.2) is 47.5 Å². The van der Waals surface area contributed by atoms with Crippen LogP contribution in [-0.4, -0.2) is 49.8 Å². The second-order valence-corrected chi connectivity index (χ2v) is 8.09. The molecular formula is C17H17F3N4O3S. The highest BCUT2D eigenvalue weighted by molar-refractivity contribution is 7.89. The summed E-state index contributed by atoms with van der Waals surface area (Å²) in [7, 11) is -3.93. The monoisotopic (exact) mass is 414 g/mol. The standard InChI is InChI=1S/C17H17F3N4O3S/c18-17(19,20)12-3-5-13(6-4-12)28(26,27)24-10-8-23(9-11-24)16-14(15(21)25)2-1-7-22-16/h1-7H,8-11H2,(H2,21,25). The molecule has 1 saturated heterocycles. The zero-order chi connectivity index (χ0) is 20.5. The van der Waals surface area contributed by atoms with Crippen LogP contribution in [0.4, 0.5) is 19.0 Å². The number of amides is 1. The number of pyridine rings is 1. The molecule has 1 aliphatic heterocycles. The predicted octanol–water partition coefficient (Wildman–Crippen LogP) is 1.71. The first-order valence-corrected chi connectivity index (χ1v) is 9.72. The summed E-state index contributed by atoms with van der Waals surface area (Å²) in [6, 6.07) is 6.51. The predicted molar refractivity (Wildman–Crippen MR) is 95.2 cm³/mol. The van der Waals surface area contributed by atoms with E-state index in [4.69, 9.17) is 5.73 Å². The number of piperazine rings is 1. The zero-order valence-corrected chi connectivity index (χ0v) is 15.4. The smallest absolute Gasteiger partial charge is 0.365 e. The second-order valence-electron chi connectivity index (χ2n) is 6.15. The van der Waals surface area contributed by atoms with Gasteiger partial charge in [-0.15, -0.1) is 0 Å². The van der Waals surface area contributed by atoms with Gasteiger partial charge in [0.15, 0.2) is 0 Å². The van der Waals surface area contributed by atoms with Crippen molar-refractivity contribution in [3.8, 4) is 0 Å². The fourth-order valence-electron chi connectivity index (χ4n) is 2.95. The maximum Gasteiger partial charge on any atom is 0.416 e. The van der Waals surface area contributed by atoms with Gasteiger partial charge >= 0.3 is 6.18 Å². The summed E-state index contributed by atoms with van der Waals surface area (Å²) in [5.41, 5.74) is 4.67. The summed E-state index contributed by atoms with van der Waals surface area (Å²) in [4.78, 5) is 17.2. The number of halogens is 3. The summed E-state index contributed by atoms with van der Waals surface area (Å²) >= 11 is 0. The minimum atomic E-state index is -4.53. The first kappa shape index (κ1) is 20.1. The third-order valence-corrected chi connectivity index (χ3v) is 6.32. The van der Waals surface area contributed by atoms with E-state index in [1.54, 1.807) is 11.0 Å². The number of benzene rings is 1. The van der Waals surface area contributed by atoms with Gasteiger partial charge in [-0.1, -0.05) is 0 Å². The molecule has 28 heavy (non-hydrogen) atoms. The molecular weight excluding hydrogens is 397 g/mol. The lowest BCUT2D eigenvalue weighted by atomic mass is 10.2. The van der Waals surface area contributed by atoms with Crippen LogP contribution < -0.4 is 10.6 Å². The molecule has 1 aromatic heterocycles.